The summed E-state index contributed by atoms with van der Waals surface area (Å²) in [5, 5.41) is 0. The predicted octanol–water partition coefficient (Wildman–Crippen LogP) is 4.54. The van der Waals surface area contributed by atoms with Gasteiger partial charge in [0, 0.05) is 0 Å². The normalized spacial score (nSPS) is 21.8. The highest BCUT2D eigenvalue weighted by molar-refractivity contribution is 6.59. The van der Waals surface area contributed by atoms with Gasteiger partial charge in [0.25, 0.3) is 0 Å². The molecule has 0 heterocycles. The Bertz CT molecular complexity index is 138. The second kappa shape index (κ2) is 4.59. The lowest BCUT2D eigenvalue weighted by Gasteiger charge is -2.33. The molecular weight excluding hydrogens is 238 g/mol. The molecule has 0 radical (unpaired) electrons. The fourth-order valence-electron chi connectivity index (χ4n) is 1.67. The average molecular weight is 250 g/mol. The van der Waals surface area contributed by atoms with E-state index in [0.29, 0.717) is 0 Å². The first-order valence-electron chi connectivity index (χ1n) is 4.21. The first-order valence-corrected chi connectivity index (χ1v) is 5.84. The molecule has 1 rings (SSSR count). The molecule has 0 amide bonds. The van der Waals surface area contributed by atoms with Crippen LogP contribution in [0.15, 0.2) is 0 Å². The van der Waals surface area contributed by atoms with Crippen molar-refractivity contribution in [3.8, 4) is 0 Å². The number of alkyl halides is 4. The summed E-state index contributed by atoms with van der Waals surface area (Å²) < 4.78 is -0.955. The van der Waals surface area contributed by atoms with Crippen LogP contribution in [0, 0.1) is 5.92 Å². The van der Waals surface area contributed by atoms with Crippen molar-refractivity contribution in [1.82, 2.24) is 0 Å². The summed E-state index contributed by atoms with van der Waals surface area (Å²) in [5.74, 6) is 0.259. The van der Waals surface area contributed by atoms with Crippen molar-refractivity contribution in [2.45, 2.75) is 41.3 Å². The molecule has 72 valence electrons. The Morgan fingerprint density at radius 2 is 1.50 bits per heavy atom. The summed E-state index contributed by atoms with van der Waals surface area (Å²) in [4.78, 5) is -0.691. The van der Waals surface area contributed by atoms with E-state index in [1.54, 1.807) is 0 Å². The van der Waals surface area contributed by atoms with Crippen LogP contribution in [-0.2, 0) is 0 Å². The van der Waals surface area contributed by atoms with Crippen LogP contribution in [0.2, 0.25) is 0 Å². The Balaban J connectivity index is 2.53. The fraction of sp³-hybridized carbons (Fsp3) is 1.00. The molecule has 0 aromatic carbocycles. The topological polar surface area (TPSA) is 0 Å². The molecule has 0 N–H and O–H groups in total. The molecule has 0 aliphatic heterocycles. The molecule has 0 nitrogen and oxygen atoms in total. The van der Waals surface area contributed by atoms with Crippen molar-refractivity contribution in [2.75, 3.05) is 0 Å². The lowest BCUT2D eigenvalue weighted by molar-refractivity contribution is 0.332. The van der Waals surface area contributed by atoms with Crippen molar-refractivity contribution in [3.05, 3.63) is 0 Å². The monoisotopic (exact) mass is 248 g/mol. The van der Waals surface area contributed by atoms with E-state index in [1.807, 2.05) is 0 Å². The van der Waals surface area contributed by atoms with E-state index in [4.69, 9.17) is 46.4 Å². The first kappa shape index (κ1) is 11.2. The van der Waals surface area contributed by atoms with Gasteiger partial charge in [-0.3, -0.25) is 0 Å². The zero-order chi connectivity index (χ0) is 9.19. The van der Waals surface area contributed by atoms with E-state index in [2.05, 4.69) is 0 Å². The molecular formula is C8H12Cl4. The van der Waals surface area contributed by atoms with Gasteiger partial charge < -0.3 is 0 Å². The van der Waals surface area contributed by atoms with Crippen LogP contribution in [0.25, 0.3) is 0 Å². The van der Waals surface area contributed by atoms with Crippen molar-refractivity contribution >= 4 is 46.4 Å². The van der Waals surface area contributed by atoms with Gasteiger partial charge in [0.05, 0.1) is 0 Å². The largest absolute Gasteiger partial charge is 0.150 e. The molecule has 0 aromatic heterocycles. The molecule has 4 heteroatoms. The maximum Gasteiger partial charge on any atom is 0.150 e. The maximum atomic E-state index is 6.05. The van der Waals surface area contributed by atoms with Crippen LogP contribution in [0.5, 0.6) is 0 Å². The molecule has 0 unspecified atom stereocenters. The van der Waals surface area contributed by atoms with E-state index in [-0.39, 0.29) is 5.92 Å². The van der Waals surface area contributed by atoms with Gasteiger partial charge >= 0.3 is 0 Å². The lowest BCUT2D eigenvalue weighted by atomic mass is 9.87. The fourth-order valence-corrected chi connectivity index (χ4v) is 2.46. The van der Waals surface area contributed by atoms with Gasteiger partial charge in [0.1, 0.15) is 4.84 Å². The average Bonchev–Trinajstić information content (AvgIpc) is 2.06. The number of hydrogen-bond donors (Lipinski definition) is 0. The minimum Gasteiger partial charge on any atom is -0.102 e. The summed E-state index contributed by atoms with van der Waals surface area (Å²) >= 11 is 23.5. The summed E-state index contributed by atoms with van der Waals surface area (Å²) in [6.45, 7) is 0. The number of rotatable bonds is 2. The van der Waals surface area contributed by atoms with E-state index in [9.17, 15) is 0 Å². The van der Waals surface area contributed by atoms with Crippen LogP contribution >= 0.6 is 46.4 Å². The summed E-state index contributed by atoms with van der Waals surface area (Å²) in [7, 11) is 0. The lowest BCUT2D eigenvalue weighted by Crippen LogP contribution is -2.33. The smallest absolute Gasteiger partial charge is 0.102 e. The Hall–Kier alpha value is 1.16. The van der Waals surface area contributed by atoms with Crippen LogP contribution < -0.4 is 0 Å². The molecule has 1 fully saturated rings. The molecule has 1 aliphatic rings. The number of hydrogen-bond acceptors (Lipinski definition) is 0. The van der Waals surface area contributed by atoms with Gasteiger partial charge in [-0.15, -0.1) is 23.2 Å². The third-order valence-corrected chi connectivity index (χ3v) is 4.63. The minimum absolute atomic E-state index is 0.259. The molecule has 0 bridgehead atoms. The predicted molar refractivity (Wildman–Crippen MR) is 56.5 cm³/mol. The molecule has 1 saturated carbocycles. The zero-order valence-corrected chi connectivity index (χ0v) is 9.73. The second-order valence-corrected chi connectivity index (χ2v) is 5.85. The van der Waals surface area contributed by atoms with Crippen LogP contribution in [0.1, 0.15) is 32.1 Å². The Kier molecular flexibility index (Phi) is 4.30. The van der Waals surface area contributed by atoms with Crippen molar-refractivity contribution in [2.24, 2.45) is 5.92 Å². The summed E-state index contributed by atoms with van der Waals surface area (Å²) in [5.41, 5.74) is 0. The van der Waals surface area contributed by atoms with Crippen molar-refractivity contribution in [3.63, 3.8) is 0 Å². The van der Waals surface area contributed by atoms with Gasteiger partial charge in [-0.2, -0.15) is 0 Å². The first-order chi connectivity index (χ1) is 5.55. The van der Waals surface area contributed by atoms with Gasteiger partial charge in [0.2, 0.25) is 0 Å². The highest BCUT2D eigenvalue weighted by atomic mass is 35.5. The van der Waals surface area contributed by atoms with Gasteiger partial charge in [-0.1, -0.05) is 42.5 Å². The van der Waals surface area contributed by atoms with Gasteiger partial charge in [-0.25, -0.2) is 0 Å². The Morgan fingerprint density at radius 1 is 1.00 bits per heavy atom. The van der Waals surface area contributed by atoms with Crippen LogP contribution in [0.3, 0.4) is 0 Å². The van der Waals surface area contributed by atoms with Crippen molar-refractivity contribution in [1.29, 1.82) is 0 Å². The molecule has 0 spiro atoms. The third-order valence-electron chi connectivity index (χ3n) is 2.44. The Labute approximate surface area is 93.5 Å². The SMILES string of the molecule is ClC(Cl)C(Cl)(Cl)C1CCCCC1. The number of halogens is 4. The maximum absolute atomic E-state index is 6.05. The van der Waals surface area contributed by atoms with E-state index in [0.717, 1.165) is 12.8 Å². The molecule has 12 heavy (non-hydrogen) atoms. The standard InChI is InChI=1S/C8H12Cl4/c9-7(10)8(11,12)6-4-2-1-3-5-6/h6-7H,1-5H2. The molecule has 0 atom stereocenters. The van der Waals surface area contributed by atoms with E-state index >= 15 is 0 Å². The third kappa shape index (κ3) is 2.57. The highest BCUT2D eigenvalue weighted by Crippen LogP contribution is 2.45. The van der Waals surface area contributed by atoms with Gasteiger partial charge in [0.15, 0.2) is 4.33 Å². The van der Waals surface area contributed by atoms with E-state index in [1.165, 1.54) is 19.3 Å². The summed E-state index contributed by atoms with van der Waals surface area (Å²) in [6, 6.07) is 0. The van der Waals surface area contributed by atoms with Crippen LogP contribution in [0.4, 0.5) is 0 Å². The van der Waals surface area contributed by atoms with Crippen molar-refractivity contribution < 1.29 is 0 Å². The zero-order valence-electron chi connectivity index (χ0n) is 6.70. The molecule has 1 aliphatic carbocycles. The molecule has 0 saturated heterocycles. The summed E-state index contributed by atoms with van der Waals surface area (Å²) in [6.07, 6.45) is 5.74. The second-order valence-electron chi connectivity index (χ2n) is 3.31. The van der Waals surface area contributed by atoms with Crippen LogP contribution in [-0.4, -0.2) is 9.17 Å². The van der Waals surface area contributed by atoms with E-state index < -0.39 is 9.17 Å². The highest BCUT2D eigenvalue weighted by Gasteiger charge is 2.40. The minimum atomic E-state index is -0.955. The van der Waals surface area contributed by atoms with Gasteiger partial charge in [-0.05, 0) is 18.8 Å². The Morgan fingerprint density at radius 3 is 1.92 bits per heavy atom. The molecule has 0 aromatic rings. The quantitative estimate of drug-likeness (QED) is 0.631.